The number of nitrogens with zero attached hydrogens (tertiary/aromatic N) is 1. The number of carbonyl (C=O) groups is 2. The summed E-state index contributed by atoms with van der Waals surface area (Å²) in [6.07, 6.45) is 1.47. The fourth-order valence-electron chi connectivity index (χ4n) is 1.88. The van der Waals surface area contributed by atoms with Crippen molar-refractivity contribution in [2.24, 2.45) is 5.73 Å². The second-order valence-electron chi connectivity index (χ2n) is 4.43. The molecule has 1 aliphatic rings. The van der Waals surface area contributed by atoms with Crippen LogP contribution in [0, 0.1) is 0 Å². The Morgan fingerprint density at radius 2 is 2.29 bits per heavy atom. The van der Waals surface area contributed by atoms with Crippen LogP contribution in [-0.4, -0.2) is 29.4 Å². The highest BCUT2D eigenvalue weighted by Crippen LogP contribution is 2.28. The molecule has 2 heterocycles. The molecule has 0 spiro atoms. The molecule has 17 heavy (non-hydrogen) atoms. The van der Waals surface area contributed by atoms with Gasteiger partial charge in [-0.15, -0.1) is 0 Å². The molecule has 1 fully saturated rings. The fraction of sp³-hybridized carbons (Fsp3) is 0.455. The molecular weight excluding hydrogens is 222 g/mol. The molecule has 0 radical (unpaired) electrons. The summed E-state index contributed by atoms with van der Waals surface area (Å²) in [6, 6.07) is 2.64. The van der Waals surface area contributed by atoms with Gasteiger partial charge in [-0.2, -0.15) is 0 Å². The summed E-state index contributed by atoms with van der Waals surface area (Å²) in [7, 11) is 0. The molecule has 6 nitrogen and oxygen atoms in total. The van der Waals surface area contributed by atoms with E-state index in [0.29, 0.717) is 5.76 Å². The van der Waals surface area contributed by atoms with E-state index in [9.17, 15) is 9.59 Å². The number of urea groups is 1. The molecular formula is C11H15N3O3. The molecule has 0 aromatic carbocycles. The standard InChI is InChI=1S/C11H15N3O3/c1-7(12)6-14-9(15)11(2,13-10(14)16)8-4-3-5-17-8/h3-5,7H,6,12H2,1-2H3,(H,13,16). The van der Waals surface area contributed by atoms with Gasteiger partial charge in [-0.1, -0.05) is 0 Å². The van der Waals surface area contributed by atoms with Crippen molar-refractivity contribution in [3.05, 3.63) is 24.2 Å². The Bertz CT molecular complexity index is 441. The lowest BCUT2D eigenvalue weighted by atomic mass is 9.99. The maximum atomic E-state index is 12.2. The van der Waals surface area contributed by atoms with Crippen LogP contribution in [0.3, 0.4) is 0 Å². The predicted molar refractivity (Wildman–Crippen MR) is 60.0 cm³/mol. The molecule has 0 saturated carbocycles. The van der Waals surface area contributed by atoms with Crippen LogP contribution in [-0.2, 0) is 10.3 Å². The van der Waals surface area contributed by atoms with Crippen molar-refractivity contribution in [3.8, 4) is 0 Å². The van der Waals surface area contributed by atoms with Gasteiger partial charge in [0, 0.05) is 12.6 Å². The Hall–Kier alpha value is -1.82. The van der Waals surface area contributed by atoms with Gasteiger partial charge in [0.1, 0.15) is 5.76 Å². The average Bonchev–Trinajstić information content (AvgIpc) is 2.83. The first-order chi connectivity index (χ1) is 7.95. The van der Waals surface area contributed by atoms with Crippen molar-refractivity contribution in [1.82, 2.24) is 10.2 Å². The summed E-state index contributed by atoms with van der Waals surface area (Å²) >= 11 is 0. The lowest BCUT2D eigenvalue weighted by Gasteiger charge is -2.19. The summed E-state index contributed by atoms with van der Waals surface area (Å²) in [4.78, 5) is 25.0. The van der Waals surface area contributed by atoms with Gasteiger partial charge in [-0.05, 0) is 26.0 Å². The third kappa shape index (κ3) is 1.80. The third-order valence-electron chi connectivity index (χ3n) is 2.76. The SMILES string of the molecule is CC(N)CN1C(=O)NC(C)(c2ccco2)C1=O. The van der Waals surface area contributed by atoms with Crippen LogP contribution in [0.1, 0.15) is 19.6 Å². The molecule has 0 aliphatic carbocycles. The maximum Gasteiger partial charge on any atom is 0.325 e. The summed E-state index contributed by atoms with van der Waals surface area (Å²) < 4.78 is 5.20. The van der Waals surface area contributed by atoms with E-state index >= 15 is 0 Å². The lowest BCUT2D eigenvalue weighted by Crippen LogP contribution is -2.42. The van der Waals surface area contributed by atoms with E-state index in [1.807, 2.05) is 0 Å². The van der Waals surface area contributed by atoms with E-state index in [1.165, 1.54) is 6.26 Å². The van der Waals surface area contributed by atoms with Crippen LogP contribution in [0.4, 0.5) is 4.79 Å². The van der Waals surface area contributed by atoms with E-state index in [2.05, 4.69) is 5.32 Å². The minimum Gasteiger partial charge on any atom is -0.466 e. The van der Waals surface area contributed by atoms with Crippen LogP contribution in [0.15, 0.2) is 22.8 Å². The molecule has 3 amide bonds. The van der Waals surface area contributed by atoms with Crippen LogP contribution < -0.4 is 11.1 Å². The van der Waals surface area contributed by atoms with Crippen LogP contribution in [0.25, 0.3) is 0 Å². The monoisotopic (exact) mass is 237 g/mol. The molecule has 92 valence electrons. The molecule has 2 unspecified atom stereocenters. The fourth-order valence-corrected chi connectivity index (χ4v) is 1.88. The van der Waals surface area contributed by atoms with E-state index in [0.717, 1.165) is 4.90 Å². The Morgan fingerprint density at radius 1 is 1.59 bits per heavy atom. The summed E-state index contributed by atoms with van der Waals surface area (Å²) in [6.45, 7) is 3.55. The lowest BCUT2D eigenvalue weighted by molar-refractivity contribution is -0.131. The first kappa shape index (κ1) is 11.7. The highest BCUT2D eigenvalue weighted by molar-refractivity contribution is 6.06. The quantitative estimate of drug-likeness (QED) is 0.744. The van der Waals surface area contributed by atoms with Gasteiger partial charge in [-0.3, -0.25) is 9.69 Å². The number of nitrogens with two attached hydrogens (primary N) is 1. The predicted octanol–water partition coefficient (Wildman–Crippen LogP) is 0.394. The number of hydrogen-bond acceptors (Lipinski definition) is 4. The van der Waals surface area contributed by atoms with E-state index in [4.69, 9.17) is 10.2 Å². The van der Waals surface area contributed by atoms with Crippen molar-refractivity contribution < 1.29 is 14.0 Å². The Labute approximate surface area is 98.7 Å². The number of hydrogen-bond donors (Lipinski definition) is 2. The average molecular weight is 237 g/mol. The molecule has 0 bridgehead atoms. The minimum atomic E-state index is -1.13. The van der Waals surface area contributed by atoms with Gasteiger partial charge in [0.25, 0.3) is 5.91 Å². The van der Waals surface area contributed by atoms with Crippen molar-refractivity contribution in [3.63, 3.8) is 0 Å². The van der Waals surface area contributed by atoms with Crippen LogP contribution in [0.5, 0.6) is 0 Å². The molecule has 3 N–H and O–H groups in total. The second kappa shape index (κ2) is 3.89. The topological polar surface area (TPSA) is 88.6 Å². The van der Waals surface area contributed by atoms with Gasteiger partial charge in [0.05, 0.1) is 6.26 Å². The number of imide groups is 1. The zero-order valence-corrected chi connectivity index (χ0v) is 9.77. The van der Waals surface area contributed by atoms with Gasteiger partial charge >= 0.3 is 6.03 Å². The van der Waals surface area contributed by atoms with Gasteiger partial charge in [-0.25, -0.2) is 4.79 Å². The summed E-state index contributed by atoms with van der Waals surface area (Å²) in [5.41, 5.74) is 4.48. The van der Waals surface area contributed by atoms with E-state index in [1.54, 1.807) is 26.0 Å². The van der Waals surface area contributed by atoms with Crippen molar-refractivity contribution in [2.75, 3.05) is 6.54 Å². The highest BCUT2D eigenvalue weighted by Gasteiger charge is 2.50. The van der Waals surface area contributed by atoms with Crippen molar-refractivity contribution >= 4 is 11.9 Å². The smallest absolute Gasteiger partial charge is 0.325 e. The van der Waals surface area contributed by atoms with Crippen LogP contribution >= 0.6 is 0 Å². The van der Waals surface area contributed by atoms with Crippen molar-refractivity contribution in [2.45, 2.75) is 25.4 Å². The zero-order chi connectivity index (χ0) is 12.6. The van der Waals surface area contributed by atoms with Gasteiger partial charge in [0.15, 0.2) is 5.54 Å². The first-order valence-corrected chi connectivity index (χ1v) is 5.39. The third-order valence-corrected chi connectivity index (χ3v) is 2.76. The van der Waals surface area contributed by atoms with E-state index in [-0.39, 0.29) is 18.5 Å². The highest BCUT2D eigenvalue weighted by atomic mass is 16.3. The second-order valence-corrected chi connectivity index (χ2v) is 4.43. The van der Waals surface area contributed by atoms with Gasteiger partial charge < -0.3 is 15.5 Å². The molecule has 6 heteroatoms. The summed E-state index contributed by atoms with van der Waals surface area (Å²) in [5, 5.41) is 2.63. The number of rotatable bonds is 3. The summed E-state index contributed by atoms with van der Waals surface area (Å²) in [5.74, 6) is 0.0813. The minimum absolute atomic E-state index is 0.195. The number of amides is 3. The zero-order valence-electron chi connectivity index (χ0n) is 9.77. The Balaban J connectivity index is 2.29. The van der Waals surface area contributed by atoms with Crippen molar-refractivity contribution in [1.29, 1.82) is 0 Å². The maximum absolute atomic E-state index is 12.2. The molecule has 1 aromatic heterocycles. The molecule has 2 atom stereocenters. The largest absolute Gasteiger partial charge is 0.466 e. The number of furan rings is 1. The molecule has 1 aromatic rings. The Kier molecular flexibility index (Phi) is 2.66. The van der Waals surface area contributed by atoms with E-state index < -0.39 is 11.6 Å². The Morgan fingerprint density at radius 3 is 2.82 bits per heavy atom. The van der Waals surface area contributed by atoms with Crippen LogP contribution in [0.2, 0.25) is 0 Å². The molecule has 1 saturated heterocycles. The molecule has 1 aliphatic heterocycles. The molecule has 2 rings (SSSR count). The van der Waals surface area contributed by atoms with Gasteiger partial charge in [0.2, 0.25) is 0 Å². The number of nitrogens with one attached hydrogen (secondary N) is 1. The first-order valence-electron chi connectivity index (χ1n) is 5.39. The normalized spacial score (nSPS) is 26.2. The number of carbonyl (C=O) groups excluding carboxylic acids is 2.